The van der Waals surface area contributed by atoms with Crippen molar-refractivity contribution >= 4 is 108 Å². The fourth-order valence-electron chi connectivity index (χ4n) is 10.6. The van der Waals surface area contributed by atoms with Gasteiger partial charge in [-0.15, -0.1) is 11.3 Å². The molecule has 0 amide bonds. The zero-order valence-electron chi connectivity index (χ0n) is 35.1. The highest BCUT2D eigenvalue weighted by molar-refractivity contribution is 7.25. The first kappa shape index (κ1) is 36.1. The van der Waals surface area contributed by atoms with Crippen molar-refractivity contribution in [3.05, 3.63) is 231 Å². The van der Waals surface area contributed by atoms with Gasteiger partial charge < -0.3 is 18.3 Å². The van der Waals surface area contributed by atoms with Gasteiger partial charge in [-0.05, 0) is 132 Å². The van der Waals surface area contributed by atoms with Crippen molar-refractivity contribution in [3.63, 3.8) is 0 Å². The highest BCUT2D eigenvalue weighted by Crippen LogP contribution is 2.40. The van der Waals surface area contributed by atoms with Crippen molar-refractivity contribution in [2.24, 2.45) is 0 Å². The molecule has 0 radical (unpaired) electrons. The van der Waals surface area contributed by atoms with Crippen LogP contribution in [0.15, 0.2) is 231 Å². The van der Waals surface area contributed by atoms with Gasteiger partial charge in [-0.25, -0.2) is 0 Å². The molecule has 0 N–H and O–H groups in total. The Morgan fingerprint density at radius 2 is 0.785 bits per heavy atom. The van der Waals surface area contributed by atoms with Gasteiger partial charge in [0.2, 0.25) is 0 Å². The Labute approximate surface area is 377 Å². The van der Waals surface area contributed by atoms with Crippen LogP contribution < -0.4 is 0 Å². The Morgan fingerprint density at radius 3 is 1.49 bits per heavy atom. The molecule has 0 spiro atoms. The van der Waals surface area contributed by atoms with Crippen LogP contribution >= 0.6 is 11.3 Å². The molecule has 5 heteroatoms. The van der Waals surface area contributed by atoms with Crippen molar-refractivity contribution in [2.75, 3.05) is 0 Å². The lowest BCUT2D eigenvalue weighted by Crippen LogP contribution is -1.99. The second-order valence-electron chi connectivity index (χ2n) is 17.0. The lowest BCUT2D eigenvalue weighted by Gasteiger charge is -2.15. The molecule has 65 heavy (non-hydrogen) atoms. The van der Waals surface area contributed by atoms with Crippen molar-refractivity contribution in [3.8, 4) is 22.7 Å². The van der Waals surface area contributed by atoms with Gasteiger partial charge in [0.05, 0.1) is 27.8 Å². The van der Waals surface area contributed by atoms with Crippen LogP contribution in [0, 0.1) is 0 Å². The van der Waals surface area contributed by atoms with Crippen molar-refractivity contribution in [1.29, 1.82) is 0 Å². The van der Waals surface area contributed by atoms with Crippen LogP contribution in [0.2, 0.25) is 0 Å². The molecule has 4 nitrogen and oxygen atoms in total. The number of hydrogen-bond donors (Lipinski definition) is 0. The lowest BCUT2D eigenvalue weighted by molar-refractivity contribution is 1.16. The molecule has 0 unspecified atom stereocenters. The van der Waals surface area contributed by atoms with Gasteiger partial charge in [-0.1, -0.05) is 109 Å². The summed E-state index contributed by atoms with van der Waals surface area (Å²) in [6.45, 7) is 0. The van der Waals surface area contributed by atoms with Crippen molar-refractivity contribution < 1.29 is 0 Å². The van der Waals surface area contributed by atoms with E-state index in [2.05, 4.69) is 249 Å². The zero-order chi connectivity index (χ0) is 42.6. The monoisotopic (exact) mass is 846 g/mol. The molecule has 304 valence electrons. The van der Waals surface area contributed by atoms with E-state index in [0.717, 1.165) is 66.6 Å². The van der Waals surface area contributed by atoms with Gasteiger partial charge in [-0.3, -0.25) is 0 Å². The lowest BCUT2D eigenvalue weighted by atomic mass is 10.1. The van der Waals surface area contributed by atoms with E-state index in [0.29, 0.717) is 0 Å². The first-order valence-corrected chi connectivity index (χ1v) is 23.0. The van der Waals surface area contributed by atoms with Crippen molar-refractivity contribution in [1.82, 2.24) is 18.3 Å². The van der Waals surface area contributed by atoms with Gasteiger partial charge >= 0.3 is 0 Å². The molecule has 4 heterocycles. The summed E-state index contributed by atoms with van der Waals surface area (Å²) in [5, 5.41) is 9.71. The molecular formula is C60H38N4S. The second-order valence-corrected chi connectivity index (χ2v) is 18.1. The van der Waals surface area contributed by atoms with Gasteiger partial charge in [0.25, 0.3) is 0 Å². The van der Waals surface area contributed by atoms with E-state index in [1.165, 1.54) is 52.8 Å². The van der Waals surface area contributed by atoms with E-state index in [1.807, 2.05) is 11.3 Å². The SMILES string of the molecule is c1ccc(-n2c3ccc4cc3c3cc(ccc32)n(-c2cccc3c2c2ccccc2n3-c2ccccc2)c2cccc(c2)c2cccc(c2)n4-c2ccc3c(c2)sc2ccccc23)cc1. The molecule has 14 aromatic rings. The number of fused-ring (bicyclic) bond motifs is 13. The van der Waals surface area contributed by atoms with Crippen LogP contribution in [-0.2, 0) is 0 Å². The van der Waals surface area contributed by atoms with Gasteiger partial charge in [-0.2, -0.15) is 0 Å². The molecule has 0 fully saturated rings. The fourth-order valence-corrected chi connectivity index (χ4v) is 11.7. The standard InChI is InChI=1S/C60H38N4S/c1-3-16-41(17-4-1)63-54-32-29-45-36-51(54)52-37-46(30-33-55(52)63)62(56-25-13-26-57-60(56)50-23-7-9-24-53(50)64(57)42-18-5-2-6-19-42)44-21-12-15-40(35-44)39-14-11-20-43(34-39)61(45)47-28-31-49-48-22-8-10-27-58(48)65-59(49)38-47/h1-38H. The summed E-state index contributed by atoms with van der Waals surface area (Å²) in [6, 6.07) is 85.0. The summed E-state index contributed by atoms with van der Waals surface area (Å²) < 4.78 is 12.3. The topological polar surface area (TPSA) is 19.7 Å². The Bertz CT molecular complexity index is 4290. The third-order valence-electron chi connectivity index (χ3n) is 13.4. The summed E-state index contributed by atoms with van der Waals surface area (Å²) in [4.78, 5) is 0. The van der Waals surface area contributed by atoms with E-state index >= 15 is 0 Å². The zero-order valence-corrected chi connectivity index (χ0v) is 36.0. The molecule has 0 aliphatic carbocycles. The minimum Gasteiger partial charge on any atom is -0.310 e. The smallest absolute Gasteiger partial charge is 0.0562 e. The van der Waals surface area contributed by atoms with Crippen LogP contribution in [0.25, 0.3) is 119 Å². The highest BCUT2D eigenvalue weighted by Gasteiger charge is 2.19. The molecule has 14 rings (SSSR count). The van der Waals surface area contributed by atoms with Gasteiger partial charge in [0.1, 0.15) is 0 Å². The fraction of sp³-hybridized carbons (Fsp3) is 0. The summed E-state index contributed by atoms with van der Waals surface area (Å²) in [5.41, 5.74) is 13.6. The minimum absolute atomic E-state index is 1.09. The Morgan fingerprint density at radius 1 is 0.262 bits per heavy atom. The van der Waals surface area contributed by atoms with E-state index in [-0.39, 0.29) is 0 Å². The quantitative estimate of drug-likeness (QED) is 0.168. The number of hydrogen-bond acceptors (Lipinski definition) is 1. The van der Waals surface area contributed by atoms with Gasteiger partial charge in [0, 0.05) is 80.8 Å². The minimum atomic E-state index is 1.09. The maximum absolute atomic E-state index is 2.48. The van der Waals surface area contributed by atoms with E-state index in [4.69, 9.17) is 0 Å². The molecule has 0 saturated heterocycles. The largest absolute Gasteiger partial charge is 0.310 e. The maximum atomic E-state index is 2.48. The van der Waals surface area contributed by atoms with Crippen LogP contribution in [0.5, 0.6) is 0 Å². The maximum Gasteiger partial charge on any atom is 0.0562 e. The molecule has 0 aliphatic heterocycles. The third-order valence-corrected chi connectivity index (χ3v) is 14.5. The van der Waals surface area contributed by atoms with Crippen LogP contribution in [-0.4, -0.2) is 18.3 Å². The predicted molar refractivity (Wildman–Crippen MR) is 277 cm³/mol. The van der Waals surface area contributed by atoms with E-state index < -0.39 is 0 Å². The molecule has 4 aromatic heterocycles. The second kappa shape index (κ2) is 14.1. The van der Waals surface area contributed by atoms with Crippen LogP contribution in [0.4, 0.5) is 0 Å². The number of para-hydroxylation sites is 3. The normalized spacial score (nSPS) is 12.0. The Hall–Kier alpha value is -8.38. The van der Waals surface area contributed by atoms with Crippen LogP contribution in [0.1, 0.15) is 0 Å². The van der Waals surface area contributed by atoms with Crippen molar-refractivity contribution in [2.45, 2.75) is 0 Å². The van der Waals surface area contributed by atoms with E-state index in [1.54, 1.807) is 0 Å². The predicted octanol–water partition coefficient (Wildman–Crippen LogP) is 16.4. The van der Waals surface area contributed by atoms with Gasteiger partial charge in [0.15, 0.2) is 0 Å². The summed E-state index contributed by atoms with van der Waals surface area (Å²) in [6.07, 6.45) is 0. The highest BCUT2D eigenvalue weighted by atomic mass is 32.1. The summed E-state index contributed by atoms with van der Waals surface area (Å²) in [5.74, 6) is 0. The number of benzene rings is 10. The van der Waals surface area contributed by atoms with E-state index in [9.17, 15) is 0 Å². The molecule has 10 aromatic carbocycles. The number of aromatic nitrogens is 4. The number of nitrogens with zero attached hydrogens (tertiary/aromatic N) is 4. The molecule has 0 aliphatic rings. The average molecular weight is 847 g/mol. The molecule has 8 bridgehead atoms. The Balaban J connectivity index is 1.15. The molecule has 0 atom stereocenters. The third kappa shape index (κ3) is 5.49. The molecule has 0 saturated carbocycles. The summed E-state index contributed by atoms with van der Waals surface area (Å²) >= 11 is 1.86. The summed E-state index contributed by atoms with van der Waals surface area (Å²) in [7, 11) is 0. The molecular weight excluding hydrogens is 809 g/mol. The first-order chi connectivity index (χ1) is 32.2. The Kier molecular flexibility index (Phi) is 7.82. The number of thiophene rings is 1. The number of rotatable bonds is 4. The van der Waals surface area contributed by atoms with Crippen LogP contribution in [0.3, 0.4) is 0 Å². The first-order valence-electron chi connectivity index (χ1n) is 22.2. The average Bonchev–Trinajstić information content (AvgIpc) is 4.02.